The number of benzene rings is 1. The molecular formula is C16H17N3O3. The molecule has 1 aromatic carbocycles. The third-order valence-electron chi connectivity index (χ3n) is 2.77. The van der Waals surface area contributed by atoms with E-state index in [9.17, 15) is 9.59 Å². The number of carbonyl (C=O) groups is 2. The maximum atomic E-state index is 11.7. The molecule has 2 rings (SSSR count). The number of hydrogen-bond acceptors (Lipinski definition) is 4. The highest BCUT2D eigenvalue weighted by atomic mass is 16.5. The maximum absolute atomic E-state index is 11.7. The van der Waals surface area contributed by atoms with Gasteiger partial charge in [0.15, 0.2) is 0 Å². The molecule has 0 radical (unpaired) electrons. The first-order valence-corrected chi connectivity index (χ1v) is 6.92. The molecule has 1 heterocycles. The average molecular weight is 299 g/mol. The molecule has 0 bridgehead atoms. The Labute approximate surface area is 128 Å². The number of carbonyl (C=O) groups excluding carboxylic acids is 2. The van der Waals surface area contributed by atoms with Gasteiger partial charge in [-0.15, -0.1) is 0 Å². The van der Waals surface area contributed by atoms with Crippen molar-refractivity contribution in [3.63, 3.8) is 0 Å². The van der Waals surface area contributed by atoms with Gasteiger partial charge in [-0.25, -0.2) is 5.43 Å². The third-order valence-corrected chi connectivity index (χ3v) is 2.77. The van der Waals surface area contributed by atoms with Gasteiger partial charge in [-0.3, -0.25) is 9.59 Å². The molecule has 0 saturated heterocycles. The Morgan fingerprint density at radius 2 is 1.95 bits per heavy atom. The zero-order valence-electron chi connectivity index (χ0n) is 12.0. The summed E-state index contributed by atoms with van der Waals surface area (Å²) in [6.45, 7) is 0. The quantitative estimate of drug-likeness (QED) is 0.625. The number of nitrogens with one attached hydrogen (secondary N) is 2. The average Bonchev–Trinajstić information content (AvgIpc) is 2.55. The third kappa shape index (κ3) is 5.62. The molecule has 0 saturated carbocycles. The number of rotatable bonds is 6. The Hall–Kier alpha value is -2.89. The van der Waals surface area contributed by atoms with Crippen molar-refractivity contribution in [2.75, 3.05) is 5.32 Å². The minimum Gasteiger partial charge on any atom is -0.464 e. The molecule has 0 atom stereocenters. The van der Waals surface area contributed by atoms with Crippen LogP contribution in [0.3, 0.4) is 0 Å². The highest BCUT2D eigenvalue weighted by Crippen LogP contribution is 2.06. The molecule has 6 heteroatoms. The first-order chi connectivity index (χ1) is 10.7. The van der Waals surface area contributed by atoms with E-state index in [0.29, 0.717) is 11.4 Å². The molecule has 0 aromatic heterocycles. The van der Waals surface area contributed by atoms with E-state index in [0.717, 1.165) is 6.42 Å². The summed E-state index contributed by atoms with van der Waals surface area (Å²) < 4.78 is 5.14. The first kappa shape index (κ1) is 15.5. The van der Waals surface area contributed by atoms with E-state index in [1.54, 1.807) is 18.4 Å². The lowest BCUT2D eigenvalue weighted by atomic mass is 10.2. The van der Waals surface area contributed by atoms with Gasteiger partial charge >= 0.3 is 0 Å². The molecule has 2 amide bonds. The molecule has 0 fully saturated rings. The number of nitrogens with zero attached hydrogens (tertiary/aromatic N) is 1. The lowest BCUT2D eigenvalue weighted by Crippen LogP contribution is -2.20. The van der Waals surface area contributed by atoms with Gasteiger partial charge in [0.2, 0.25) is 11.8 Å². The van der Waals surface area contributed by atoms with Crippen LogP contribution in [-0.2, 0) is 14.3 Å². The van der Waals surface area contributed by atoms with Crippen molar-refractivity contribution < 1.29 is 14.3 Å². The highest BCUT2D eigenvalue weighted by molar-refractivity contribution is 5.93. The van der Waals surface area contributed by atoms with Gasteiger partial charge in [-0.05, 0) is 30.7 Å². The largest absolute Gasteiger partial charge is 0.464 e. The van der Waals surface area contributed by atoms with Crippen LogP contribution in [0.2, 0.25) is 0 Å². The van der Waals surface area contributed by atoms with Gasteiger partial charge in [-0.2, -0.15) is 5.10 Å². The van der Waals surface area contributed by atoms with Crippen LogP contribution in [-0.4, -0.2) is 18.0 Å². The fraction of sp³-hybridized carbons (Fsp3) is 0.188. The topological polar surface area (TPSA) is 79.8 Å². The summed E-state index contributed by atoms with van der Waals surface area (Å²) in [7, 11) is 0. The monoisotopic (exact) mass is 299 g/mol. The zero-order valence-corrected chi connectivity index (χ0v) is 12.0. The van der Waals surface area contributed by atoms with Crippen LogP contribution in [0.4, 0.5) is 5.69 Å². The summed E-state index contributed by atoms with van der Waals surface area (Å²) in [6, 6.07) is 9.09. The van der Waals surface area contributed by atoms with Crippen molar-refractivity contribution in [2.45, 2.75) is 19.3 Å². The number of allylic oxidation sites excluding steroid dienone is 3. The van der Waals surface area contributed by atoms with Gasteiger partial charge in [0, 0.05) is 18.5 Å². The molecule has 1 aromatic rings. The fourth-order valence-electron chi connectivity index (χ4n) is 1.69. The molecule has 1 aliphatic rings. The molecule has 2 N–H and O–H groups in total. The van der Waals surface area contributed by atoms with Gasteiger partial charge in [0.25, 0.3) is 0 Å². The number of ether oxygens (including phenoxy) is 1. The van der Waals surface area contributed by atoms with Gasteiger partial charge < -0.3 is 10.1 Å². The van der Waals surface area contributed by atoms with Crippen molar-refractivity contribution in [1.82, 2.24) is 5.43 Å². The molecular weight excluding hydrogens is 282 g/mol. The second-order valence-corrected chi connectivity index (χ2v) is 4.54. The van der Waals surface area contributed by atoms with Gasteiger partial charge in [-0.1, -0.05) is 18.2 Å². The van der Waals surface area contributed by atoms with E-state index < -0.39 is 0 Å². The molecule has 1 aliphatic heterocycles. The molecule has 0 unspecified atom stereocenters. The van der Waals surface area contributed by atoms with E-state index >= 15 is 0 Å². The van der Waals surface area contributed by atoms with Crippen LogP contribution >= 0.6 is 0 Å². The van der Waals surface area contributed by atoms with Crippen molar-refractivity contribution >= 4 is 23.7 Å². The summed E-state index contributed by atoms with van der Waals surface area (Å²) in [4.78, 5) is 23.2. The SMILES string of the molecule is O=C(CCC(=O)Nc1ccccc1)N/N=C/C1=CCC=CO1. The van der Waals surface area contributed by atoms with Gasteiger partial charge in [0.1, 0.15) is 5.76 Å². The number of anilines is 1. The Bertz CT molecular complexity index is 606. The summed E-state index contributed by atoms with van der Waals surface area (Å²) in [6.07, 6.45) is 7.62. The predicted molar refractivity (Wildman–Crippen MR) is 83.9 cm³/mol. The summed E-state index contributed by atoms with van der Waals surface area (Å²) >= 11 is 0. The predicted octanol–water partition coefficient (Wildman–Crippen LogP) is 2.33. The Morgan fingerprint density at radius 1 is 1.18 bits per heavy atom. The number of amides is 2. The van der Waals surface area contributed by atoms with Crippen molar-refractivity contribution in [3.8, 4) is 0 Å². The van der Waals surface area contributed by atoms with Gasteiger partial charge in [0.05, 0.1) is 12.5 Å². The van der Waals surface area contributed by atoms with Crippen LogP contribution in [0.5, 0.6) is 0 Å². The number of hydrogen-bond donors (Lipinski definition) is 2. The minimum absolute atomic E-state index is 0.0653. The summed E-state index contributed by atoms with van der Waals surface area (Å²) in [5.74, 6) is 0.0322. The van der Waals surface area contributed by atoms with Crippen molar-refractivity contribution in [1.29, 1.82) is 0 Å². The lowest BCUT2D eigenvalue weighted by molar-refractivity contribution is -0.124. The fourth-order valence-corrected chi connectivity index (χ4v) is 1.69. The second kappa shape index (κ2) is 8.41. The van der Waals surface area contributed by atoms with Crippen molar-refractivity contribution in [2.24, 2.45) is 5.10 Å². The van der Waals surface area contributed by atoms with Crippen LogP contribution < -0.4 is 10.7 Å². The molecule has 0 aliphatic carbocycles. The van der Waals surface area contributed by atoms with Crippen LogP contribution in [0.15, 0.2) is 59.6 Å². The van der Waals surface area contributed by atoms with E-state index in [4.69, 9.17) is 4.74 Å². The van der Waals surface area contributed by atoms with E-state index in [2.05, 4.69) is 15.8 Å². The minimum atomic E-state index is -0.327. The highest BCUT2D eigenvalue weighted by Gasteiger charge is 2.06. The normalized spacial score (nSPS) is 13.4. The Balaban J connectivity index is 1.66. The van der Waals surface area contributed by atoms with E-state index in [1.165, 1.54) is 6.21 Å². The standard InChI is InChI=1S/C16H17N3O3/c20-15(18-13-6-2-1-3-7-13)9-10-16(21)19-17-12-14-8-4-5-11-22-14/h1-3,5-8,11-12H,4,9-10H2,(H,18,20)(H,19,21)/b17-12+. The number of hydrazone groups is 1. The maximum Gasteiger partial charge on any atom is 0.240 e. The van der Waals surface area contributed by atoms with Crippen LogP contribution in [0, 0.1) is 0 Å². The molecule has 114 valence electrons. The van der Waals surface area contributed by atoms with Crippen molar-refractivity contribution in [3.05, 3.63) is 54.5 Å². The smallest absolute Gasteiger partial charge is 0.240 e. The Kier molecular flexibility index (Phi) is 5.92. The number of para-hydroxylation sites is 1. The zero-order chi connectivity index (χ0) is 15.6. The Morgan fingerprint density at radius 3 is 2.68 bits per heavy atom. The summed E-state index contributed by atoms with van der Waals surface area (Å²) in [5, 5.41) is 6.48. The van der Waals surface area contributed by atoms with E-state index in [1.807, 2.05) is 30.4 Å². The first-order valence-electron chi connectivity index (χ1n) is 6.92. The molecule has 6 nitrogen and oxygen atoms in total. The molecule has 22 heavy (non-hydrogen) atoms. The molecule has 0 spiro atoms. The second-order valence-electron chi connectivity index (χ2n) is 4.54. The lowest BCUT2D eigenvalue weighted by Gasteiger charge is -2.05. The summed E-state index contributed by atoms with van der Waals surface area (Å²) in [5.41, 5.74) is 3.06. The van der Waals surface area contributed by atoms with E-state index in [-0.39, 0.29) is 24.7 Å². The van der Waals surface area contributed by atoms with Crippen LogP contribution in [0.1, 0.15) is 19.3 Å². The van der Waals surface area contributed by atoms with Crippen LogP contribution in [0.25, 0.3) is 0 Å².